The predicted octanol–water partition coefficient (Wildman–Crippen LogP) is 1.03. The molecule has 0 aromatic rings. The van der Waals surface area contributed by atoms with E-state index in [0.29, 0.717) is 24.2 Å². The third-order valence-electron chi connectivity index (χ3n) is 5.69. The van der Waals surface area contributed by atoms with Crippen molar-refractivity contribution >= 4 is 5.91 Å². The second kappa shape index (κ2) is 3.94. The second-order valence-electron chi connectivity index (χ2n) is 6.38. The highest BCUT2D eigenvalue weighted by atomic mass is 16.5. The molecule has 4 nitrogen and oxygen atoms in total. The molecular weight excluding hydrogens is 230 g/mol. The Kier molecular flexibility index (Phi) is 2.72. The van der Waals surface area contributed by atoms with Crippen LogP contribution in [0.1, 0.15) is 33.1 Å². The number of carbonyl (C=O) groups excluding carboxylic acids is 1. The van der Waals surface area contributed by atoms with Crippen LogP contribution in [0, 0.1) is 17.8 Å². The van der Waals surface area contributed by atoms with Crippen LogP contribution in [0.5, 0.6) is 0 Å². The molecule has 18 heavy (non-hydrogen) atoms. The third kappa shape index (κ3) is 1.42. The van der Waals surface area contributed by atoms with Crippen molar-refractivity contribution in [2.24, 2.45) is 17.8 Å². The lowest BCUT2D eigenvalue weighted by atomic mass is 9.88. The number of fused-ring (bicyclic) bond motifs is 1. The molecule has 0 aromatic heterocycles. The Labute approximate surface area is 108 Å². The van der Waals surface area contributed by atoms with Crippen molar-refractivity contribution in [3.8, 4) is 0 Å². The number of hydrogen-bond donors (Lipinski definition) is 1. The van der Waals surface area contributed by atoms with Gasteiger partial charge in [-0.05, 0) is 43.9 Å². The molecule has 3 fully saturated rings. The number of ether oxygens (including phenoxy) is 1. The van der Waals surface area contributed by atoms with Crippen LogP contribution >= 0.6 is 0 Å². The van der Waals surface area contributed by atoms with Crippen molar-refractivity contribution in [1.82, 2.24) is 4.90 Å². The van der Waals surface area contributed by atoms with Crippen molar-refractivity contribution in [2.45, 2.75) is 50.9 Å². The number of hydrogen-bond acceptors (Lipinski definition) is 3. The van der Waals surface area contributed by atoms with Gasteiger partial charge in [-0.25, -0.2) is 0 Å². The first-order valence-corrected chi connectivity index (χ1v) is 7.06. The van der Waals surface area contributed by atoms with E-state index in [1.807, 2.05) is 18.7 Å². The fraction of sp³-hybridized carbons (Fsp3) is 0.929. The van der Waals surface area contributed by atoms with Gasteiger partial charge >= 0.3 is 0 Å². The summed E-state index contributed by atoms with van der Waals surface area (Å²) >= 11 is 0. The standard InChI is InChI=1S/C14H23NO3/c1-4-14(2,18-3)13(17)15-7-9-5-8-6-10(9)11(15)12(8)16/h8-12,16H,4-7H2,1-3H3. The van der Waals surface area contributed by atoms with Crippen molar-refractivity contribution in [3.05, 3.63) is 0 Å². The Morgan fingerprint density at radius 1 is 1.44 bits per heavy atom. The van der Waals surface area contributed by atoms with Gasteiger partial charge in [-0.1, -0.05) is 6.92 Å². The molecule has 6 unspecified atom stereocenters. The number of nitrogens with zero attached hydrogens (tertiary/aromatic N) is 1. The molecule has 6 atom stereocenters. The summed E-state index contributed by atoms with van der Waals surface area (Å²) in [6.07, 6.45) is 2.56. The number of amides is 1. The van der Waals surface area contributed by atoms with Crippen LogP contribution in [-0.4, -0.2) is 47.3 Å². The van der Waals surface area contributed by atoms with Gasteiger partial charge in [0, 0.05) is 13.7 Å². The number of aliphatic hydroxyl groups is 1. The maximum Gasteiger partial charge on any atom is 0.254 e. The highest BCUT2D eigenvalue weighted by Crippen LogP contribution is 2.55. The zero-order valence-electron chi connectivity index (χ0n) is 11.4. The molecule has 1 aliphatic heterocycles. The molecule has 1 amide bonds. The molecule has 0 spiro atoms. The number of methoxy groups -OCH3 is 1. The van der Waals surface area contributed by atoms with Gasteiger partial charge in [0.2, 0.25) is 0 Å². The average Bonchev–Trinajstić information content (AvgIpc) is 2.98. The van der Waals surface area contributed by atoms with Crippen LogP contribution in [0.2, 0.25) is 0 Å². The van der Waals surface area contributed by atoms with E-state index in [2.05, 4.69) is 0 Å². The summed E-state index contributed by atoms with van der Waals surface area (Å²) in [5.74, 6) is 1.64. The lowest BCUT2D eigenvalue weighted by molar-refractivity contribution is -0.156. The molecule has 2 aliphatic carbocycles. The summed E-state index contributed by atoms with van der Waals surface area (Å²) in [5, 5.41) is 10.3. The lowest BCUT2D eigenvalue weighted by Gasteiger charge is -2.35. The third-order valence-corrected chi connectivity index (χ3v) is 5.69. The quantitative estimate of drug-likeness (QED) is 0.817. The van der Waals surface area contributed by atoms with E-state index in [1.54, 1.807) is 7.11 Å². The summed E-state index contributed by atoms with van der Waals surface area (Å²) in [7, 11) is 1.60. The summed E-state index contributed by atoms with van der Waals surface area (Å²) in [4.78, 5) is 14.6. The number of carbonyl (C=O) groups is 1. The Balaban J connectivity index is 1.84. The Hall–Kier alpha value is -0.610. The normalized spacial score (nSPS) is 44.4. The van der Waals surface area contributed by atoms with Crippen molar-refractivity contribution in [1.29, 1.82) is 0 Å². The largest absolute Gasteiger partial charge is 0.391 e. The van der Waals surface area contributed by atoms with Crippen LogP contribution in [-0.2, 0) is 9.53 Å². The zero-order valence-corrected chi connectivity index (χ0v) is 11.4. The van der Waals surface area contributed by atoms with E-state index in [9.17, 15) is 9.90 Å². The smallest absolute Gasteiger partial charge is 0.254 e. The van der Waals surface area contributed by atoms with Gasteiger partial charge in [0.05, 0.1) is 12.1 Å². The highest BCUT2D eigenvalue weighted by Gasteiger charge is 2.61. The van der Waals surface area contributed by atoms with Crippen molar-refractivity contribution in [2.75, 3.05) is 13.7 Å². The molecule has 0 aromatic carbocycles. The first-order valence-electron chi connectivity index (χ1n) is 7.06. The maximum atomic E-state index is 12.7. The molecule has 1 N–H and O–H groups in total. The first-order chi connectivity index (χ1) is 8.51. The van der Waals surface area contributed by atoms with Gasteiger partial charge in [-0.15, -0.1) is 0 Å². The van der Waals surface area contributed by atoms with Gasteiger partial charge in [-0.2, -0.15) is 0 Å². The summed E-state index contributed by atoms with van der Waals surface area (Å²) < 4.78 is 5.42. The van der Waals surface area contributed by atoms with Gasteiger partial charge in [0.1, 0.15) is 5.60 Å². The van der Waals surface area contributed by atoms with Crippen LogP contribution in [0.3, 0.4) is 0 Å². The van der Waals surface area contributed by atoms with E-state index in [4.69, 9.17) is 4.74 Å². The topological polar surface area (TPSA) is 49.8 Å². The SMILES string of the molecule is CCC(C)(OC)C(=O)N1CC2CC3CC2C1C3O. The Morgan fingerprint density at radius 2 is 2.17 bits per heavy atom. The molecule has 102 valence electrons. The van der Waals surface area contributed by atoms with Crippen LogP contribution in [0.15, 0.2) is 0 Å². The summed E-state index contributed by atoms with van der Waals surface area (Å²) in [5.41, 5.74) is -0.735. The maximum absolute atomic E-state index is 12.7. The molecule has 3 aliphatic rings. The highest BCUT2D eigenvalue weighted by molar-refractivity contribution is 5.85. The minimum atomic E-state index is -0.735. The number of aliphatic hydroxyl groups excluding tert-OH is 1. The molecule has 1 heterocycles. The molecule has 4 heteroatoms. The minimum Gasteiger partial charge on any atom is -0.391 e. The second-order valence-corrected chi connectivity index (χ2v) is 6.38. The molecule has 2 saturated carbocycles. The molecule has 2 bridgehead atoms. The van der Waals surface area contributed by atoms with Crippen LogP contribution in [0.4, 0.5) is 0 Å². The van der Waals surface area contributed by atoms with Crippen molar-refractivity contribution < 1.29 is 14.6 Å². The Bertz CT molecular complexity index is 364. The average molecular weight is 253 g/mol. The summed E-state index contributed by atoms with van der Waals surface area (Å²) in [6.45, 7) is 4.65. The van der Waals surface area contributed by atoms with Crippen LogP contribution < -0.4 is 0 Å². The predicted molar refractivity (Wildman–Crippen MR) is 66.9 cm³/mol. The van der Waals surface area contributed by atoms with Gasteiger partial charge in [0.15, 0.2) is 0 Å². The zero-order chi connectivity index (χ0) is 13.1. The van der Waals surface area contributed by atoms with Gasteiger partial charge in [-0.3, -0.25) is 4.79 Å². The van der Waals surface area contributed by atoms with E-state index >= 15 is 0 Å². The number of likely N-dealkylation sites (tertiary alicyclic amines) is 1. The monoisotopic (exact) mass is 253 g/mol. The van der Waals surface area contributed by atoms with Crippen molar-refractivity contribution in [3.63, 3.8) is 0 Å². The van der Waals surface area contributed by atoms with E-state index in [0.717, 1.165) is 19.4 Å². The van der Waals surface area contributed by atoms with Gasteiger partial charge in [0.25, 0.3) is 5.91 Å². The molecule has 1 saturated heterocycles. The molecular formula is C14H23NO3. The first kappa shape index (κ1) is 12.4. The van der Waals surface area contributed by atoms with Crippen LogP contribution in [0.25, 0.3) is 0 Å². The Morgan fingerprint density at radius 3 is 2.72 bits per heavy atom. The number of rotatable bonds is 3. The minimum absolute atomic E-state index is 0.0577. The van der Waals surface area contributed by atoms with E-state index in [1.165, 1.54) is 0 Å². The van der Waals surface area contributed by atoms with Gasteiger partial charge < -0.3 is 14.7 Å². The molecule has 3 rings (SSSR count). The summed E-state index contributed by atoms with van der Waals surface area (Å²) in [6, 6.07) is 0.0577. The fourth-order valence-electron chi connectivity index (χ4n) is 4.34. The van der Waals surface area contributed by atoms with E-state index < -0.39 is 5.60 Å². The lowest BCUT2D eigenvalue weighted by Crippen LogP contribution is -2.52. The van der Waals surface area contributed by atoms with E-state index in [-0.39, 0.29) is 18.1 Å². The molecule has 0 radical (unpaired) electrons. The fourth-order valence-corrected chi connectivity index (χ4v) is 4.34.